The van der Waals surface area contributed by atoms with Gasteiger partial charge in [-0.25, -0.2) is 0 Å². The molecular formula is C6H20N2O8S. The molecule has 108 valence electrons. The van der Waals surface area contributed by atoms with Crippen molar-refractivity contribution >= 4 is 10.4 Å². The van der Waals surface area contributed by atoms with Gasteiger partial charge in [-0.1, -0.05) is 0 Å². The number of rotatable bonds is 4. The molecule has 0 amide bonds. The largest absolute Gasteiger partial charge is 0.759 e. The van der Waals surface area contributed by atoms with Crippen LogP contribution in [0.5, 0.6) is 0 Å². The molecule has 0 spiro atoms. The molecule has 0 aromatic carbocycles. The van der Waals surface area contributed by atoms with Crippen molar-refractivity contribution in [2.45, 2.75) is 25.4 Å². The van der Waals surface area contributed by atoms with E-state index in [1.807, 2.05) is 0 Å². The number of hydrogen-bond acceptors (Lipinski definition) is 8. The van der Waals surface area contributed by atoms with Crippen molar-refractivity contribution in [3.05, 3.63) is 0 Å². The third kappa shape index (κ3) is 91.6. The summed E-state index contributed by atoms with van der Waals surface area (Å²) in [5.41, 5.74) is 6.81. The van der Waals surface area contributed by atoms with Gasteiger partial charge < -0.3 is 41.0 Å². The predicted octanol–water partition coefficient (Wildman–Crippen LogP) is -5.48. The van der Waals surface area contributed by atoms with Crippen molar-refractivity contribution in [3.63, 3.8) is 0 Å². The molecule has 0 saturated heterocycles. The van der Waals surface area contributed by atoms with Crippen LogP contribution in [0.25, 0.3) is 0 Å². The Balaban J connectivity index is -0.000000174. The first-order valence-corrected chi connectivity index (χ1v) is 5.85. The standard InChI is InChI=1S/2C3H9NO2.H2O4S/c2*4-2-1-3(5)6;1-5(2,3)4/h2*3,5-6H,1-2,4H2;(H2,1,2,3,4). The minimum absolute atomic E-state index is 0.375. The van der Waals surface area contributed by atoms with Crippen LogP contribution in [0, 0.1) is 0 Å². The highest BCUT2D eigenvalue weighted by Gasteiger charge is 1.92. The smallest absolute Gasteiger partial charge is 0.156 e. The minimum atomic E-state index is -5.17. The van der Waals surface area contributed by atoms with Gasteiger partial charge in [0.2, 0.25) is 0 Å². The summed E-state index contributed by atoms with van der Waals surface area (Å²) in [6.07, 6.45) is -1.58. The van der Waals surface area contributed by atoms with Crippen molar-refractivity contribution in [2.24, 2.45) is 0 Å². The lowest BCUT2D eigenvalue weighted by molar-refractivity contribution is -0.375. The highest BCUT2D eigenvalue weighted by molar-refractivity contribution is 7.79. The SMILES string of the molecule is O=S(=O)([O-])[O-].[NH3+]CCC(O)O.[NH3+]CCC(O)O. The second-order valence-corrected chi connectivity index (χ2v) is 3.47. The first-order valence-electron chi connectivity index (χ1n) is 4.52. The zero-order chi connectivity index (χ0) is 14.5. The van der Waals surface area contributed by atoms with Crippen LogP contribution in [-0.2, 0) is 10.4 Å². The van der Waals surface area contributed by atoms with Crippen LogP contribution in [0.4, 0.5) is 0 Å². The number of hydrogen-bond donors (Lipinski definition) is 6. The summed E-state index contributed by atoms with van der Waals surface area (Å²) in [5, 5.41) is 32.3. The monoisotopic (exact) mass is 280 g/mol. The molecule has 10 N–H and O–H groups in total. The lowest BCUT2D eigenvalue weighted by Gasteiger charge is -2.06. The molecule has 17 heavy (non-hydrogen) atoms. The average molecular weight is 280 g/mol. The number of aliphatic hydroxyl groups excluding tert-OH is 2. The van der Waals surface area contributed by atoms with E-state index in [0.29, 0.717) is 25.9 Å². The van der Waals surface area contributed by atoms with Crippen molar-refractivity contribution in [1.29, 1.82) is 0 Å². The van der Waals surface area contributed by atoms with Gasteiger partial charge in [0.05, 0.1) is 13.1 Å². The lowest BCUT2D eigenvalue weighted by atomic mass is 10.4. The highest BCUT2D eigenvalue weighted by Crippen LogP contribution is 1.76. The predicted molar refractivity (Wildman–Crippen MR) is 51.7 cm³/mol. The van der Waals surface area contributed by atoms with Gasteiger partial charge in [-0.15, -0.1) is 0 Å². The Morgan fingerprint density at radius 3 is 1.06 bits per heavy atom. The number of quaternary nitrogens is 2. The third-order valence-corrected chi connectivity index (χ3v) is 0.925. The van der Waals surface area contributed by atoms with Crippen LogP contribution >= 0.6 is 0 Å². The summed E-state index contributed by atoms with van der Waals surface area (Å²) < 4.78 is 34.1. The van der Waals surface area contributed by atoms with E-state index >= 15 is 0 Å². The quantitative estimate of drug-likeness (QED) is 0.165. The molecule has 0 aromatic heterocycles. The molecule has 0 atom stereocenters. The Kier molecular flexibility index (Phi) is 17.6. The Morgan fingerprint density at radius 2 is 1.06 bits per heavy atom. The molecule has 0 radical (unpaired) electrons. The Labute approximate surface area is 99.1 Å². The van der Waals surface area contributed by atoms with Crippen LogP contribution in [0.2, 0.25) is 0 Å². The zero-order valence-corrected chi connectivity index (χ0v) is 10.0. The van der Waals surface area contributed by atoms with Gasteiger partial charge in [0.1, 0.15) is 0 Å². The highest BCUT2D eigenvalue weighted by atomic mass is 32.3. The molecule has 0 saturated carbocycles. The van der Waals surface area contributed by atoms with E-state index in [-0.39, 0.29) is 0 Å². The maximum absolute atomic E-state index is 8.52. The van der Waals surface area contributed by atoms with Crippen LogP contribution in [0.1, 0.15) is 12.8 Å². The van der Waals surface area contributed by atoms with Gasteiger partial charge in [0.15, 0.2) is 12.6 Å². The fourth-order valence-corrected chi connectivity index (χ4v) is 0.365. The summed E-state index contributed by atoms with van der Waals surface area (Å²) in [7, 11) is -5.17. The first-order chi connectivity index (χ1) is 7.54. The molecule has 0 unspecified atom stereocenters. The van der Waals surface area contributed by atoms with Gasteiger partial charge in [-0.05, 0) is 0 Å². The van der Waals surface area contributed by atoms with Crippen LogP contribution < -0.4 is 11.5 Å². The van der Waals surface area contributed by atoms with E-state index in [0.717, 1.165) is 0 Å². The Morgan fingerprint density at radius 1 is 0.882 bits per heavy atom. The maximum atomic E-state index is 8.52. The topological polar surface area (TPSA) is 216 Å². The second kappa shape index (κ2) is 13.7. The summed E-state index contributed by atoms with van der Waals surface area (Å²) in [6, 6.07) is 0. The summed E-state index contributed by atoms with van der Waals surface area (Å²) >= 11 is 0. The van der Waals surface area contributed by atoms with Crippen molar-refractivity contribution in [1.82, 2.24) is 0 Å². The van der Waals surface area contributed by atoms with Gasteiger partial charge in [0, 0.05) is 23.2 Å². The average Bonchev–Trinajstić information content (AvgIpc) is 2.00. The Hall–Kier alpha value is -0.370. The molecule has 0 aliphatic rings. The molecule has 0 aromatic rings. The minimum Gasteiger partial charge on any atom is -0.759 e. The van der Waals surface area contributed by atoms with Crippen LogP contribution in [0.3, 0.4) is 0 Å². The summed E-state index contributed by atoms with van der Waals surface area (Å²) in [4.78, 5) is 0. The maximum Gasteiger partial charge on any atom is 0.156 e. The molecule has 0 aliphatic heterocycles. The molecule has 0 heterocycles. The van der Waals surface area contributed by atoms with Crippen molar-refractivity contribution in [3.8, 4) is 0 Å². The second-order valence-electron chi connectivity index (χ2n) is 2.65. The first kappa shape index (κ1) is 21.9. The van der Waals surface area contributed by atoms with Crippen LogP contribution in [0.15, 0.2) is 0 Å². The van der Waals surface area contributed by atoms with E-state index in [2.05, 4.69) is 11.5 Å². The van der Waals surface area contributed by atoms with E-state index in [9.17, 15) is 0 Å². The molecule has 0 bridgehead atoms. The summed E-state index contributed by atoms with van der Waals surface area (Å²) in [5.74, 6) is 0. The number of aliphatic hydroxyl groups is 4. The summed E-state index contributed by atoms with van der Waals surface area (Å²) in [6.45, 7) is 1.16. The van der Waals surface area contributed by atoms with E-state index in [1.165, 1.54) is 0 Å². The van der Waals surface area contributed by atoms with E-state index in [1.54, 1.807) is 0 Å². The fourth-order valence-electron chi connectivity index (χ4n) is 0.365. The van der Waals surface area contributed by atoms with E-state index in [4.69, 9.17) is 37.9 Å². The van der Waals surface area contributed by atoms with Crippen molar-refractivity contribution < 1.29 is 49.4 Å². The Bertz CT molecular complexity index is 212. The fraction of sp³-hybridized carbons (Fsp3) is 1.00. The van der Waals surface area contributed by atoms with Gasteiger partial charge >= 0.3 is 0 Å². The molecule has 11 heteroatoms. The molecule has 0 fully saturated rings. The molecule has 10 nitrogen and oxygen atoms in total. The van der Waals surface area contributed by atoms with E-state index < -0.39 is 23.0 Å². The molecular weight excluding hydrogens is 260 g/mol. The van der Waals surface area contributed by atoms with Gasteiger partial charge in [-0.3, -0.25) is 8.42 Å². The van der Waals surface area contributed by atoms with Crippen LogP contribution in [-0.4, -0.2) is 63.6 Å². The lowest BCUT2D eigenvalue weighted by Crippen LogP contribution is -2.51. The van der Waals surface area contributed by atoms with Crippen molar-refractivity contribution in [2.75, 3.05) is 13.1 Å². The zero-order valence-electron chi connectivity index (χ0n) is 9.23. The molecule has 0 aliphatic carbocycles. The van der Waals surface area contributed by atoms with Gasteiger partial charge in [0.25, 0.3) is 0 Å². The van der Waals surface area contributed by atoms with Gasteiger partial charge in [-0.2, -0.15) is 0 Å². The normalized spacial score (nSPS) is 10.5. The third-order valence-electron chi connectivity index (χ3n) is 0.925. The molecule has 0 rings (SSSR count).